The first-order chi connectivity index (χ1) is 13.6. The van der Waals surface area contributed by atoms with Crippen molar-refractivity contribution in [2.75, 3.05) is 43.9 Å². The molecule has 1 aliphatic heterocycles. The first-order valence-electron chi connectivity index (χ1n) is 9.27. The zero-order chi connectivity index (χ0) is 19.9. The number of aromatic nitrogens is 2. The van der Waals surface area contributed by atoms with Gasteiger partial charge in [-0.2, -0.15) is 0 Å². The topological polar surface area (TPSA) is 75.6 Å². The molecule has 1 aromatic heterocycles. The van der Waals surface area contributed by atoms with Crippen LogP contribution in [0.4, 0.5) is 5.82 Å². The van der Waals surface area contributed by atoms with E-state index in [-0.39, 0.29) is 11.6 Å². The summed E-state index contributed by atoms with van der Waals surface area (Å²) in [4.78, 5) is 29.2. The van der Waals surface area contributed by atoms with Gasteiger partial charge in [0.15, 0.2) is 11.5 Å². The summed E-state index contributed by atoms with van der Waals surface area (Å²) >= 11 is 1.80. The summed E-state index contributed by atoms with van der Waals surface area (Å²) in [6, 6.07) is 11.6. The second-order valence-electron chi connectivity index (χ2n) is 6.39. The van der Waals surface area contributed by atoms with Crippen molar-refractivity contribution in [2.24, 2.45) is 0 Å². The maximum Gasteiger partial charge on any atom is 0.358 e. The van der Waals surface area contributed by atoms with Crippen LogP contribution in [0.15, 0.2) is 41.3 Å². The average molecular weight is 401 g/mol. The number of methoxy groups -OCH3 is 1. The van der Waals surface area contributed by atoms with Gasteiger partial charge in [-0.1, -0.05) is 19.1 Å². The Morgan fingerprint density at radius 3 is 2.32 bits per heavy atom. The monoisotopic (exact) mass is 400 g/mol. The lowest BCUT2D eigenvalue weighted by Crippen LogP contribution is -2.49. The summed E-state index contributed by atoms with van der Waals surface area (Å²) in [7, 11) is 1.31. The van der Waals surface area contributed by atoms with Gasteiger partial charge in [0.1, 0.15) is 0 Å². The quantitative estimate of drug-likeness (QED) is 0.544. The molecule has 0 bridgehead atoms. The van der Waals surface area contributed by atoms with Crippen molar-refractivity contribution in [1.82, 2.24) is 15.1 Å². The summed E-state index contributed by atoms with van der Waals surface area (Å²) in [5.74, 6) is 1.38. The summed E-state index contributed by atoms with van der Waals surface area (Å²) in [6.45, 7) is 4.78. The van der Waals surface area contributed by atoms with Crippen molar-refractivity contribution in [2.45, 2.75) is 18.2 Å². The molecule has 3 rings (SSSR count). The Labute approximate surface area is 169 Å². The fourth-order valence-corrected chi connectivity index (χ4v) is 3.71. The molecule has 0 saturated carbocycles. The smallest absolute Gasteiger partial charge is 0.358 e. The highest BCUT2D eigenvalue weighted by Gasteiger charge is 2.22. The Hall–Kier alpha value is -2.61. The fraction of sp³-hybridized carbons (Fsp3) is 0.400. The van der Waals surface area contributed by atoms with Crippen molar-refractivity contribution in [3.63, 3.8) is 0 Å². The lowest BCUT2D eigenvalue weighted by Gasteiger charge is -2.35. The predicted octanol–water partition coefficient (Wildman–Crippen LogP) is 2.27. The number of thioether (sulfide) groups is 1. The Balaban J connectivity index is 1.51. The van der Waals surface area contributed by atoms with E-state index in [1.807, 2.05) is 17.0 Å². The van der Waals surface area contributed by atoms with E-state index in [0.717, 1.165) is 11.3 Å². The third kappa shape index (κ3) is 5.01. The van der Waals surface area contributed by atoms with Crippen molar-refractivity contribution < 1.29 is 14.3 Å². The third-order valence-electron chi connectivity index (χ3n) is 4.59. The normalized spacial score (nSPS) is 14.1. The number of rotatable bonds is 6. The highest BCUT2D eigenvalue weighted by atomic mass is 32.2. The molecule has 0 atom stereocenters. The molecule has 7 nitrogen and oxygen atoms in total. The van der Waals surface area contributed by atoms with Crippen LogP contribution in [0.1, 0.15) is 23.0 Å². The standard InChI is InChI=1S/C20H24N4O3S/c1-3-28-16-6-4-15(5-7-16)14-19(25)24-12-10-23(11-13-24)18-9-8-17(21-22-18)20(26)27-2/h4-9H,3,10-14H2,1-2H3. The van der Waals surface area contributed by atoms with E-state index >= 15 is 0 Å². The zero-order valence-electron chi connectivity index (χ0n) is 16.1. The van der Waals surface area contributed by atoms with Gasteiger partial charge in [-0.05, 0) is 35.6 Å². The van der Waals surface area contributed by atoms with Gasteiger partial charge in [-0.25, -0.2) is 4.79 Å². The van der Waals surface area contributed by atoms with E-state index < -0.39 is 5.97 Å². The van der Waals surface area contributed by atoms with Crippen molar-refractivity contribution in [1.29, 1.82) is 0 Å². The number of hydrogen-bond acceptors (Lipinski definition) is 7. The largest absolute Gasteiger partial charge is 0.464 e. The molecular formula is C20H24N4O3S. The fourth-order valence-electron chi connectivity index (χ4n) is 3.05. The molecule has 0 radical (unpaired) electrons. The zero-order valence-corrected chi connectivity index (χ0v) is 16.9. The number of nitrogens with zero attached hydrogens (tertiary/aromatic N) is 4. The Morgan fingerprint density at radius 1 is 1.04 bits per heavy atom. The second kappa shape index (κ2) is 9.54. The van der Waals surface area contributed by atoms with Crippen LogP contribution >= 0.6 is 11.8 Å². The van der Waals surface area contributed by atoms with Gasteiger partial charge in [0.2, 0.25) is 5.91 Å². The summed E-state index contributed by atoms with van der Waals surface area (Å²) < 4.78 is 4.63. The predicted molar refractivity (Wildman–Crippen MR) is 109 cm³/mol. The first-order valence-corrected chi connectivity index (χ1v) is 10.3. The molecule has 0 N–H and O–H groups in total. The van der Waals surface area contributed by atoms with Crippen LogP contribution in [-0.4, -0.2) is 66.0 Å². The molecule has 2 heterocycles. The van der Waals surface area contributed by atoms with E-state index in [1.165, 1.54) is 12.0 Å². The molecule has 1 aromatic carbocycles. The minimum Gasteiger partial charge on any atom is -0.464 e. The molecule has 1 aliphatic rings. The minimum atomic E-state index is -0.504. The molecular weight excluding hydrogens is 376 g/mol. The van der Waals surface area contributed by atoms with Crippen LogP contribution < -0.4 is 4.90 Å². The van der Waals surface area contributed by atoms with E-state index in [9.17, 15) is 9.59 Å². The molecule has 0 unspecified atom stereocenters. The molecule has 8 heteroatoms. The molecule has 2 aromatic rings. The maximum absolute atomic E-state index is 12.6. The van der Waals surface area contributed by atoms with E-state index in [0.29, 0.717) is 38.4 Å². The number of ether oxygens (including phenoxy) is 1. The summed E-state index contributed by atoms with van der Waals surface area (Å²) in [6.07, 6.45) is 0.421. The molecule has 148 valence electrons. The van der Waals surface area contributed by atoms with Crippen LogP contribution in [0.3, 0.4) is 0 Å². The second-order valence-corrected chi connectivity index (χ2v) is 7.73. The van der Waals surface area contributed by atoms with Crippen molar-refractivity contribution >= 4 is 29.5 Å². The van der Waals surface area contributed by atoms with Gasteiger partial charge in [-0.3, -0.25) is 4.79 Å². The van der Waals surface area contributed by atoms with Crippen LogP contribution in [-0.2, 0) is 16.0 Å². The Kier molecular flexibility index (Phi) is 6.86. The number of amides is 1. The summed E-state index contributed by atoms with van der Waals surface area (Å²) in [5.41, 5.74) is 1.22. The first kappa shape index (κ1) is 20.1. The third-order valence-corrected chi connectivity index (χ3v) is 5.49. The van der Waals surface area contributed by atoms with Crippen LogP contribution in [0.25, 0.3) is 0 Å². The van der Waals surface area contributed by atoms with E-state index in [4.69, 9.17) is 0 Å². The lowest BCUT2D eigenvalue weighted by atomic mass is 10.1. The van der Waals surface area contributed by atoms with E-state index in [2.05, 4.69) is 38.9 Å². The van der Waals surface area contributed by atoms with Crippen LogP contribution in [0, 0.1) is 0 Å². The Bertz CT molecular complexity index is 803. The van der Waals surface area contributed by atoms with Crippen LogP contribution in [0.5, 0.6) is 0 Å². The molecule has 1 saturated heterocycles. The molecule has 0 aliphatic carbocycles. The minimum absolute atomic E-state index is 0.141. The summed E-state index contributed by atoms with van der Waals surface area (Å²) in [5, 5.41) is 8.01. The lowest BCUT2D eigenvalue weighted by molar-refractivity contribution is -0.130. The van der Waals surface area contributed by atoms with Gasteiger partial charge in [0.25, 0.3) is 0 Å². The molecule has 28 heavy (non-hydrogen) atoms. The van der Waals surface area contributed by atoms with Gasteiger partial charge in [0, 0.05) is 31.1 Å². The number of esters is 1. The number of piperazine rings is 1. The van der Waals surface area contributed by atoms with Gasteiger partial charge >= 0.3 is 5.97 Å². The van der Waals surface area contributed by atoms with Crippen LogP contribution in [0.2, 0.25) is 0 Å². The van der Waals surface area contributed by atoms with Gasteiger partial charge in [-0.15, -0.1) is 22.0 Å². The number of benzene rings is 1. The SMILES string of the molecule is CCSc1ccc(CC(=O)N2CCN(c3ccc(C(=O)OC)nn3)CC2)cc1. The highest BCUT2D eigenvalue weighted by Crippen LogP contribution is 2.19. The molecule has 1 amide bonds. The average Bonchev–Trinajstić information content (AvgIpc) is 2.75. The van der Waals surface area contributed by atoms with Gasteiger partial charge < -0.3 is 14.5 Å². The van der Waals surface area contributed by atoms with Crippen molar-refractivity contribution in [3.8, 4) is 0 Å². The molecule has 1 fully saturated rings. The van der Waals surface area contributed by atoms with Gasteiger partial charge in [0.05, 0.1) is 13.5 Å². The highest BCUT2D eigenvalue weighted by molar-refractivity contribution is 7.99. The number of carbonyl (C=O) groups excluding carboxylic acids is 2. The van der Waals surface area contributed by atoms with E-state index in [1.54, 1.807) is 23.9 Å². The number of anilines is 1. The number of hydrogen-bond donors (Lipinski definition) is 0. The molecule has 0 spiro atoms. The van der Waals surface area contributed by atoms with Crippen molar-refractivity contribution in [3.05, 3.63) is 47.7 Å². The maximum atomic E-state index is 12.6. The Morgan fingerprint density at radius 2 is 1.75 bits per heavy atom. The number of carbonyl (C=O) groups is 2.